The molecular weight excluding hydrogens is 384 g/mol. The van der Waals surface area contributed by atoms with Gasteiger partial charge in [-0.25, -0.2) is 0 Å². The van der Waals surface area contributed by atoms with Crippen LogP contribution in [0.5, 0.6) is 0 Å². The van der Waals surface area contributed by atoms with E-state index < -0.39 is 15.0 Å². The van der Waals surface area contributed by atoms with Gasteiger partial charge in [-0.2, -0.15) is 0 Å². The summed E-state index contributed by atoms with van der Waals surface area (Å²) in [5, 5.41) is 0. The minimum atomic E-state index is -3.42. The zero-order valence-electron chi connectivity index (χ0n) is 18.5. The third-order valence-electron chi connectivity index (χ3n) is 4.12. The summed E-state index contributed by atoms with van der Waals surface area (Å²) in [6.45, 7) is 15.0. The lowest BCUT2D eigenvalue weighted by Gasteiger charge is -2.39. The molecule has 168 valence electrons. The van der Waals surface area contributed by atoms with Crippen LogP contribution < -0.4 is 0 Å². The summed E-state index contributed by atoms with van der Waals surface area (Å²) >= 11 is 0. The predicted octanol–water partition coefficient (Wildman–Crippen LogP) is 3.25. The summed E-state index contributed by atoms with van der Waals surface area (Å²) < 4.78 is 47.0. The fourth-order valence-electron chi connectivity index (χ4n) is 2.82. The molecule has 0 spiro atoms. The van der Waals surface area contributed by atoms with Crippen molar-refractivity contribution in [2.24, 2.45) is 0 Å². The Morgan fingerprint density at radius 1 is 0.893 bits per heavy atom. The number of ether oxygens (including phenoxy) is 4. The Hall–Kier alpha value is -0.103. The van der Waals surface area contributed by atoms with Gasteiger partial charge in [0.1, 0.15) is 6.10 Å². The Kier molecular flexibility index (Phi) is 13.0. The van der Waals surface area contributed by atoms with Crippen LogP contribution in [0.4, 0.5) is 0 Å². The van der Waals surface area contributed by atoms with Crippen LogP contribution in [-0.4, -0.2) is 73.5 Å². The van der Waals surface area contributed by atoms with Crippen LogP contribution in [0, 0.1) is 0 Å². The van der Waals surface area contributed by atoms with Gasteiger partial charge in [-0.05, 0) is 47.5 Å². The molecule has 2 unspecified atom stereocenters. The van der Waals surface area contributed by atoms with E-state index >= 15 is 0 Å². The van der Waals surface area contributed by atoms with E-state index in [1.807, 2.05) is 34.6 Å². The molecule has 2 atom stereocenters. The standard InChI is InChI=1S/C19H40O8Si/c1-7-17(20-15-18-16-21-18)13-14-19(22-8-2,23-9-3)27-28(24-10-4,25-11-5)26-12-6/h17-18H,7-16H2,1-6H3. The minimum Gasteiger partial charge on any atom is -0.375 e. The molecule has 0 amide bonds. The highest BCUT2D eigenvalue weighted by Gasteiger charge is 2.53. The maximum Gasteiger partial charge on any atom is 0.683 e. The van der Waals surface area contributed by atoms with E-state index in [9.17, 15) is 0 Å². The van der Waals surface area contributed by atoms with E-state index in [1.54, 1.807) is 0 Å². The van der Waals surface area contributed by atoms with Crippen LogP contribution >= 0.6 is 0 Å². The van der Waals surface area contributed by atoms with Crippen LogP contribution in [0.1, 0.15) is 60.8 Å². The fraction of sp³-hybridized carbons (Fsp3) is 1.00. The van der Waals surface area contributed by atoms with Crippen LogP contribution in [0.3, 0.4) is 0 Å². The maximum absolute atomic E-state index is 6.31. The molecule has 0 bridgehead atoms. The lowest BCUT2D eigenvalue weighted by molar-refractivity contribution is -0.368. The highest BCUT2D eigenvalue weighted by atomic mass is 28.4. The zero-order valence-corrected chi connectivity index (χ0v) is 19.5. The van der Waals surface area contributed by atoms with Crippen molar-refractivity contribution in [3.8, 4) is 0 Å². The number of epoxide rings is 1. The summed E-state index contributed by atoms with van der Waals surface area (Å²) in [4.78, 5) is 0. The molecule has 0 N–H and O–H groups in total. The quantitative estimate of drug-likeness (QED) is 0.178. The van der Waals surface area contributed by atoms with Crippen molar-refractivity contribution in [3.63, 3.8) is 0 Å². The molecule has 1 heterocycles. The van der Waals surface area contributed by atoms with Crippen LogP contribution in [-0.2, 0) is 36.7 Å². The topological polar surface area (TPSA) is 77.1 Å². The second-order valence-electron chi connectivity index (χ2n) is 6.31. The van der Waals surface area contributed by atoms with Crippen molar-refractivity contribution in [2.75, 3.05) is 46.2 Å². The Morgan fingerprint density at radius 3 is 1.82 bits per heavy atom. The zero-order chi connectivity index (χ0) is 20.9. The normalized spacial score (nSPS) is 18.4. The van der Waals surface area contributed by atoms with Crippen molar-refractivity contribution < 1.29 is 36.7 Å². The number of hydrogen-bond donors (Lipinski definition) is 0. The smallest absolute Gasteiger partial charge is 0.375 e. The average Bonchev–Trinajstić information content (AvgIpc) is 3.47. The highest BCUT2D eigenvalue weighted by molar-refractivity contribution is 6.53. The molecule has 1 saturated heterocycles. The minimum absolute atomic E-state index is 0.0652. The van der Waals surface area contributed by atoms with Crippen molar-refractivity contribution >= 4 is 9.05 Å². The molecule has 8 nitrogen and oxygen atoms in total. The lowest BCUT2D eigenvalue weighted by atomic mass is 10.1. The second kappa shape index (κ2) is 14.0. The van der Waals surface area contributed by atoms with E-state index in [-0.39, 0.29) is 12.2 Å². The highest BCUT2D eigenvalue weighted by Crippen LogP contribution is 2.30. The fourth-order valence-corrected chi connectivity index (χ4v) is 4.91. The van der Waals surface area contributed by atoms with E-state index in [4.69, 9.17) is 36.7 Å². The second-order valence-corrected chi connectivity index (χ2v) is 8.38. The molecule has 9 heteroatoms. The van der Waals surface area contributed by atoms with E-state index in [1.165, 1.54) is 0 Å². The van der Waals surface area contributed by atoms with Crippen LogP contribution in [0.2, 0.25) is 0 Å². The molecular formula is C19H40O8Si. The summed E-state index contributed by atoms with van der Waals surface area (Å²) in [5.41, 5.74) is 0. The van der Waals surface area contributed by atoms with Gasteiger partial charge in [-0.1, -0.05) is 6.92 Å². The average molecular weight is 425 g/mol. The molecule has 0 saturated carbocycles. The van der Waals surface area contributed by atoms with Crippen molar-refractivity contribution in [1.29, 1.82) is 0 Å². The first-order chi connectivity index (χ1) is 13.5. The molecule has 0 aliphatic carbocycles. The Balaban J connectivity index is 2.90. The summed E-state index contributed by atoms with van der Waals surface area (Å²) in [7, 11) is -3.42. The summed E-state index contributed by atoms with van der Waals surface area (Å²) in [5.74, 6) is -1.30. The molecule has 0 aromatic rings. The number of rotatable bonds is 19. The van der Waals surface area contributed by atoms with E-state index in [0.717, 1.165) is 13.0 Å². The maximum atomic E-state index is 6.31. The predicted molar refractivity (Wildman–Crippen MR) is 107 cm³/mol. The molecule has 1 aliphatic heterocycles. The SMILES string of the molecule is CCOC(CCC(CC)OCC1CO1)(OCC)O[Si](OCC)(OCC)OCC. The van der Waals surface area contributed by atoms with E-state index in [0.29, 0.717) is 52.5 Å². The monoisotopic (exact) mass is 424 g/mol. The van der Waals surface area contributed by atoms with Crippen LogP contribution in [0.15, 0.2) is 0 Å². The largest absolute Gasteiger partial charge is 0.683 e. The first-order valence-corrected chi connectivity index (χ1v) is 12.3. The van der Waals surface area contributed by atoms with Gasteiger partial charge < -0.3 is 32.2 Å². The third kappa shape index (κ3) is 9.14. The third-order valence-corrected chi connectivity index (χ3v) is 6.61. The van der Waals surface area contributed by atoms with Crippen molar-refractivity contribution in [2.45, 2.75) is 79.0 Å². The Labute approximate surface area is 171 Å². The lowest BCUT2D eigenvalue weighted by Crippen LogP contribution is -2.57. The van der Waals surface area contributed by atoms with Gasteiger partial charge in [0, 0.05) is 39.5 Å². The first-order valence-electron chi connectivity index (χ1n) is 10.7. The molecule has 0 aromatic heterocycles. The number of hydrogen-bond acceptors (Lipinski definition) is 8. The van der Waals surface area contributed by atoms with Gasteiger partial charge in [0.15, 0.2) is 0 Å². The summed E-state index contributed by atoms with van der Waals surface area (Å²) in [6.07, 6.45) is 2.36. The molecule has 0 aromatic carbocycles. The van der Waals surface area contributed by atoms with Gasteiger partial charge in [0.2, 0.25) is 0 Å². The van der Waals surface area contributed by atoms with Crippen molar-refractivity contribution in [3.05, 3.63) is 0 Å². The molecule has 1 rings (SSSR count). The first kappa shape index (κ1) is 25.9. The Bertz CT molecular complexity index is 371. The molecule has 28 heavy (non-hydrogen) atoms. The van der Waals surface area contributed by atoms with Gasteiger partial charge in [0.05, 0.1) is 19.3 Å². The van der Waals surface area contributed by atoms with Gasteiger partial charge in [0.25, 0.3) is 5.97 Å². The molecule has 1 aliphatic rings. The van der Waals surface area contributed by atoms with Crippen LogP contribution in [0.25, 0.3) is 0 Å². The van der Waals surface area contributed by atoms with Gasteiger partial charge >= 0.3 is 9.05 Å². The van der Waals surface area contributed by atoms with E-state index in [2.05, 4.69) is 6.92 Å². The van der Waals surface area contributed by atoms with Gasteiger partial charge in [-0.15, -0.1) is 0 Å². The molecule has 0 radical (unpaired) electrons. The summed E-state index contributed by atoms with van der Waals surface area (Å²) in [6, 6.07) is 0. The van der Waals surface area contributed by atoms with Crippen molar-refractivity contribution in [1.82, 2.24) is 0 Å². The Morgan fingerprint density at radius 2 is 1.43 bits per heavy atom. The molecule has 1 fully saturated rings. The van der Waals surface area contributed by atoms with Gasteiger partial charge in [-0.3, -0.25) is 4.43 Å².